The van der Waals surface area contributed by atoms with Gasteiger partial charge in [-0.2, -0.15) is 5.26 Å². The van der Waals surface area contributed by atoms with Crippen LogP contribution in [0.5, 0.6) is 0 Å². The molecular weight excluding hydrogens is 194 g/mol. The highest BCUT2D eigenvalue weighted by Crippen LogP contribution is 2.21. The number of nitriles is 1. The van der Waals surface area contributed by atoms with Crippen LogP contribution in [0.4, 0.5) is 0 Å². The van der Waals surface area contributed by atoms with Crippen LogP contribution in [0.3, 0.4) is 0 Å². The summed E-state index contributed by atoms with van der Waals surface area (Å²) in [6.45, 7) is 0. The summed E-state index contributed by atoms with van der Waals surface area (Å²) < 4.78 is 1.93. The van der Waals surface area contributed by atoms with Crippen molar-refractivity contribution in [1.82, 2.24) is 9.38 Å². The van der Waals surface area contributed by atoms with E-state index in [4.69, 9.17) is 5.26 Å². The first-order valence-corrected chi connectivity index (χ1v) is 5.02. The molecule has 0 N–H and O–H groups in total. The Morgan fingerprint density at radius 2 is 2.29 bits per heavy atom. The van der Waals surface area contributed by atoms with E-state index in [1.807, 2.05) is 28.0 Å². The molecule has 0 saturated carbocycles. The fraction of sp³-hybridized carbons (Fsp3) is 0. The predicted octanol–water partition coefficient (Wildman–Crippen LogP) is 2.42. The summed E-state index contributed by atoms with van der Waals surface area (Å²) in [4.78, 5) is 5.27. The van der Waals surface area contributed by atoms with Crippen molar-refractivity contribution < 1.29 is 0 Å². The zero-order chi connectivity index (χ0) is 9.54. The maximum atomic E-state index is 8.93. The minimum Gasteiger partial charge on any atom is -0.297 e. The molecule has 0 amide bonds. The second-order valence-electron chi connectivity index (χ2n) is 2.96. The van der Waals surface area contributed by atoms with Crippen LogP contribution in [-0.2, 0) is 0 Å². The lowest BCUT2D eigenvalue weighted by atomic mass is 10.4. The van der Waals surface area contributed by atoms with E-state index in [0.29, 0.717) is 5.69 Å². The first-order chi connectivity index (χ1) is 6.90. The molecule has 0 fully saturated rings. The van der Waals surface area contributed by atoms with Gasteiger partial charge in [-0.05, 0) is 23.6 Å². The lowest BCUT2D eigenvalue weighted by molar-refractivity contribution is 1.20. The van der Waals surface area contributed by atoms with Crippen molar-refractivity contribution in [3.63, 3.8) is 0 Å². The number of nitrogens with zero attached hydrogens (tertiary/aromatic N) is 3. The molecule has 66 valence electrons. The molecule has 3 heterocycles. The fourth-order valence-corrected chi connectivity index (χ4v) is 2.31. The zero-order valence-corrected chi connectivity index (χ0v) is 7.95. The first kappa shape index (κ1) is 7.54. The molecule has 0 atom stereocenters. The van der Waals surface area contributed by atoms with Gasteiger partial charge in [0.1, 0.15) is 16.6 Å². The number of thiophene rings is 1. The minimum atomic E-state index is 0.658. The van der Waals surface area contributed by atoms with Crippen LogP contribution < -0.4 is 0 Å². The van der Waals surface area contributed by atoms with Gasteiger partial charge in [-0.15, -0.1) is 11.3 Å². The van der Waals surface area contributed by atoms with E-state index in [0.717, 1.165) is 15.9 Å². The molecule has 0 bridgehead atoms. The second kappa shape index (κ2) is 2.56. The third-order valence-corrected chi connectivity index (χ3v) is 3.02. The lowest BCUT2D eigenvalue weighted by Crippen LogP contribution is -1.89. The molecule has 0 aliphatic heterocycles. The number of hydrogen-bond acceptors (Lipinski definition) is 3. The molecule has 3 nitrogen and oxygen atoms in total. The van der Waals surface area contributed by atoms with Crippen LogP contribution in [0.1, 0.15) is 5.69 Å². The van der Waals surface area contributed by atoms with Gasteiger partial charge in [0.25, 0.3) is 0 Å². The molecule has 0 aliphatic carbocycles. The highest BCUT2D eigenvalue weighted by atomic mass is 32.1. The second-order valence-corrected chi connectivity index (χ2v) is 3.85. The Kier molecular flexibility index (Phi) is 1.38. The molecular formula is C10H5N3S. The highest BCUT2D eigenvalue weighted by molar-refractivity contribution is 7.16. The van der Waals surface area contributed by atoms with E-state index in [2.05, 4.69) is 11.1 Å². The molecule has 0 unspecified atom stereocenters. The van der Waals surface area contributed by atoms with Gasteiger partial charge in [-0.1, -0.05) is 0 Å². The maximum absolute atomic E-state index is 8.93. The molecule has 3 aromatic heterocycles. The van der Waals surface area contributed by atoms with Gasteiger partial charge in [-0.25, -0.2) is 4.98 Å². The largest absolute Gasteiger partial charge is 0.297 e. The van der Waals surface area contributed by atoms with Gasteiger partial charge in [0.2, 0.25) is 0 Å². The summed E-state index contributed by atoms with van der Waals surface area (Å²) in [5.41, 5.74) is 2.63. The van der Waals surface area contributed by atoms with Gasteiger partial charge in [0, 0.05) is 0 Å². The summed E-state index contributed by atoms with van der Waals surface area (Å²) in [5, 5.41) is 10.9. The van der Waals surface area contributed by atoms with Crippen molar-refractivity contribution in [2.24, 2.45) is 0 Å². The topological polar surface area (TPSA) is 41.1 Å². The van der Waals surface area contributed by atoms with Crippen molar-refractivity contribution in [2.45, 2.75) is 0 Å². The number of aromatic nitrogens is 2. The van der Waals surface area contributed by atoms with Crippen LogP contribution in [0, 0.1) is 11.3 Å². The van der Waals surface area contributed by atoms with Crippen LogP contribution in [-0.4, -0.2) is 9.38 Å². The van der Waals surface area contributed by atoms with Gasteiger partial charge in [0.05, 0.1) is 17.2 Å². The summed E-state index contributed by atoms with van der Waals surface area (Å²) in [5.74, 6) is 0. The first-order valence-electron chi connectivity index (χ1n) is 4.14. The Hall–Kier alpha value is -1.86. The Labute approximate surface area is 83.8 Å². The maximum Gasteiger partial charge on any atom is 0.140 e. The minimum absolute atomic E-state index is 0.658. The van der Waals surface area contributed by atoms with Crippen LogP contribution >= 0.6 is 11.3 Å². The summed E-state index contributed by atoms with van der Waals surface area (Å²) in [6.07, 6.45) is 1.79. The van der Waals surface area contributed by atoms with Gasteiger partial charge >= 0.3 is 0 Å². The molecule has 4 heteroatoms. The smallest absolute Gasteiger partial charge is 0.140 e. The average molecular weight is 199 g/mol. The summed E-state index contributed by atoms with van der Waals surface area (Å²) >= 11 is 1.58. The predicted molar refractivity (Wildman–Crippen MR) is 55.3 cm³/mol. The molecule has 0 aromatic carbocycles. The van der Waals surface area contributed by atoms with Crippen molar-refractivity contribution in [3.8, 4) is 6.07 Å². The van der Waals surface area contributed by atoms with Gasteiger partial charge in [0.15, 0.2) is 0 Å². The third-order valence-electron chi connectivity index (χ3n) is 2.21. The Morgan fingerprint density at radius 1 is 1.36 bits per heavy atom. The highest BCUT2D eigenvalue weighted by Gasteiger charge is 2.05. The van der Waals surface area contributed by atoms with E-state index in [-0.39, 0.29) is 0 Å². The summed E-state index contributed by atoms with van der Waals surface area (Å²) in [6, 6.07) is 7.88. The van der Waals surface area contributed by atoms with Crippen molar-refractivity contribution in [1.29, 1.82) is 5.26 Å². The van der Waals surface area contributed by atoms with E-state index in [1.54, 1.807) is 17.5 Å². The van der Waals surface area contributed by atoms with Crippen LogP contribution in [0.15, 0.2) is 29.8 Å². The summed E-state index contributed by atoms with van der Waals surface area (Å²) in [7, 11) is 0. The quantitative estimate of drug-likeness (QED) is 0.558. The van der Waals surface area contributed by atoms with Crippen molar-refractivity contribution >= 4 is 27.2 Å². The molecule has 0 radical (unpaired) electrons. The van der Waals surface area contributed by atoms with Crippen molar-refractivity contribution in [3.05, 3.63) is 35.5 Å². The lowest BCUT2D eigenvalue weighted by Gasteiger charge is -1.97. The monoisotopic (exact) mass is 199 g/mol. The van der Waals surface area contributed by atoms with E-state index >= 15 is 0 Å². The van der Waals surface area contributed by atoms with E-state index in [9.17, 15) is 0 Å². The molecule has 3 aromatic rings. The fourth-order valence-electron chi connectivity index (χ4n) is 1.60. The van der Waals surface area contributed by atoms with Crippen LogP contribution in [0.2, 0.25) is 0 Å². The Bertz CT molecular complexity index is 657. The molecule has 0 aliphatic rings. The van der Waals surface area contributed by atoms with Crippen molar-refractivity contribution in [2.75, 3.05) is 0 Å². The third kappa shape index (κ3) is 0.820. The molecule has 0 saturated heterocycles. The van der Waals surface area contributed by atoms with E-state index < -0.39 is 0 Å². The number of hydrogen-bond donors (Lipinski definition) is 0. The SMILES string of the molecule is N#Cc1ccc2cnc3sccc3n12. The molecule has 14 heavy (non-hydrogen) atoms. The number of rotatable bonds is 0. The molecule has 0 spiro atoms. The van der Waals surface area contributed by atoms with Crippen LogP contribution in [0.25, 0.3) is 15.9 Å². The molecule has 3 rings (SSSR count). The van der Waals surface area contributed by atoms with Gasteiger partial charge < -0.3 is 0 Å². The Morgan fingerprint density at radius 3 is 3.14 bits per heavy atom. The van der Waals surface area contributed by atoms with E-state index in [1.165, 1.54) is 0 Å². The standard InChI is InChI=1S/C10H5N3S/c11-5-7-1-2-8-6-12-10-9(13(7)8)3-4-14-10/h1-4,6H. The Balaban J connectivity index is 2.66. The van der Waals surface area contributed by atoms with Gasteiger partial charge in [-0.3, -0.25) is 4.40 Å². The normalized spacial score (nSPS) is 10.8. The zero-order valence-electron chi connectivity index (χ0n) is 7.14. The number of fused-ring (bicyclic) bond motifs is 3. The average Bonchev–Trinajstić information content (AvgIpc) is 2.82.